The van der Waals surface area contributed by atoms with Crippen LogP contribution in [-0.2, 0) is 4.74 Å². The van der Waals surface area contributed by atoms with Crippen molar-refractivity contribution < 1.29 is 18.7 Å². The first kappa shape index (κ1) is 13.8. The van der Waals surface area contributed by atoms with Crippen LogP contribution in [0.25, 0.3) is 10.1 Å². The largest absolute Gasteiger partial charge is 0.490 e. The summed E-state index contributed by atoms with van der Waals surface area (Å²) >= 11 is 1.08. The van der Waals surface area contributed by atoms with E-state index in [-0.39, 0.29) is 5.75 Å². The highest BCUT2D eigenvalue weighted by atomic mass is 32.1. The molecule has 0 aliphatic heterocycles. The molecule has 0 saturated heterocycles. The van der Waals surface area contributed by atoms with Gasteiger partial charge in [0.1, 0.15) is 4.88 Å². The van der Waals surface area contributed by atoms with Crippen molar-refractivity contribution in [2.45, 2.75) is 19.8 Å². The normalized spacial score (nSPS) is 10.7. The average molecular weight is 282 g/mol. The zero-order chi connectivity index (χ0) is 13.8. The van der Waals surface area contributed by atoms with Gasteiger partial charge in [0.15, 0.2) is 11.6 Å². The molecule has 0 amide bonds. The molecule has 0 bridgehead atoms. The van der Waals surface area contributed by atoms with Crippen LogP contribution in [0.2, 0.25) is 0 Å². The Morgan fingerprint density at radius 2 is 2.21 bits per heavy atom. The first-order chi connectivity index (χ1) is 9.17. The molecule has 0 saturated carbocycles. The van der Waals surface area contributed by atoms with E-state index in [2.05, 4.69) is 4.74 Å². The topological polar surface area (TPSA) is 35.5 Å². The van der Waals surface area contributed by atoms with Crippen LogP contribution in [0.15, 0.2) is 18.2 Å². The standard InChI is InChI=1S/C14H15FO3S/c1-3-4-7-18-10-6-5-9-8-11(14(16)17-2)19-13(9)12(10)15/h5-6,8H,3-4,7H2,1-2H3. The van der Waals surface area contributed by atoms with E-state index in [0.29, 0.717) is 21.6 Å². The van der Waals surface area contributed by atoms with Crippen molar-refractivity contribution in [2.75, 3.05) is 13.7 Å². The number of hydrogen-bond donors (Lipinski definition) is 0. The van der Waals surface area contributed by atoms with Crippen molar-refractivity contribution in [1.82, 2.24) is 0 Å². The fourth-order valence-corrected chi connectivity index (χ4v) is 2.70. The van der Waals surface area contributed by atoms with Crippen LogP contribution in [-0.4, -0.2) is 19.7 Å². The third-order valence-electron chi connectivity index (χ3n) is 2.73. The smallest absolute Gasteiger partial charge is 0.348 e. The Balaban J connectivity index is 2.32. The molecule has 0 radical (unpaired) electrons. The number of carbonyl (C=O) groups is 1. The maximum Gasteiger partial charge on any atom is 0.348 e. The van der Waals surface area contributed by atoms with Crippen LogP contribution in [0.5, 0.6) is 5.75 Å². The molecule has 1 heterocycles. The highest BCUT2D eigenvalue weighted by Crippen LogP contribution is 2.33. The second kappa shape index (κ2) is 6.02. The Kier molecular flexibility index (Phi) is 4.37. The average Bonchev–Trinajstić information content (AvgIpc) is 2.85. The minimum absolute atomic E-state index is 0.235. The van der Waals surface area contributed by atoms with Gasteiger partial charge in [-0.1, -0.05) is 13.3 Å². The molecule has 0 aliphatic rings. The highest BCUT2D eigenvalue weighted by molar-refractivity contribution is 7.20. The zero-order valence-electron chi connectivity index (χ0n) is 10.9. The third-order valence-corrected chi connectivity index (χ3v) is 3.86. The Labute approximate surface area is 114 Å². The minimum atomic E-state index is -0.450. The van der Waals surface area contributed by atoms with Crippen LogP contribution in [0, 0.1) is 5.82 Å². The van der Waals surface area contributed by atoms with E-state index < -0.39 is 11.8 Å². The molecular weight excluding hydrogens is 267 g/mol. The fourth-order valence-electron chi connectivity index (χ4n) is 1.69. The van der Waals surface area contributed by atoms with Gasteiger partial charge in [0.2, 0.25) is 0 Å². The lowest BCUT2D eigenvalue weighted by Gasteiger charge is -2.06. The quantitative estimate of drug-likeness (QED) is 0.614. The number of esters is 1. The molecular formula is C14H15FO3S. The number of thiophene rings is 1. The van der Waals surface area contributed by atoms with Crippen LogP contribution in [0.1, 0.15) is 29.4 Å². The van der Waals surface area contributed by atoms with Crippen molar-refractivity contribution in [2.24, 2.45) is 0 Å². The summed E-state index contributed by atoms with van der Waals surface area (Å²) < 4.78 is 24.7. The number of halogens is 1. The van der Waals surface area contributed by atoms with Crippen LogP contribution in [0.3, 0.4) is 0 Å². The molecule has 0 aliphatic carbocycles. The molecule has 2 aromatic rings. The first-order valence-corrected chi connectivity index (χ1v) is 6.92. The summed E-state index contributed by atoms with van der Waals surface area (Å²) in [7, 11) is 1.31. The van der Waals surface area contributed by atoms with Gasteiger partial charge in [-0.05, 0) is 30.0 Å². The van der Waals surface area contributed by atoms with Gasteiger partial charge >= 0.3 is 5.97 Å². The minimum Gasteiger partial charge on any atom is -0.490 e. The molecule has 5 heteroatoms. The highest BCUT2D eigenvalue weighted by Gasteiger charge is 2.15. The van der Waals surface area contributed by atoms with Crippen molar-refractivity contribution >= 4 is 27.4 Å². The summed E-state index contributed by atoms with van der Waals surface area (Å²) in [5.41, 5.74) is 0. The van der Waals surface area contributed by atoms with E-state index in [9.17, 15) is 9.18 Å². The number of unbranched alkanes of at least 4 members (excludes halogenated alkanes) is 1. The summed E-state index contributed by atoms with van der Waals surface area (Å²) in [6, 6.07) is 4.98. The van der Waals surface area contributed by atoms with Crippen molar-refractivity contribution in [3.63, 3.8) is 0 Å². The second-order valence-electron chi connectivity index (χ2n) is 4.10. The number of methoxy groups -OCH3 is 1. The van der Waals surface area contributed by atoms with Crippen molar-refractivity contribution in [1.29, 1.82) is 0 Å². The Bertz CT molecular complexity index is 592. The van der Waals surface area contributed by atoms with E-state index in [0.717, 1.165) is 24.2 Å². The fraction of sp³-hybridized carbons (Fsp3) is 0.357. The van der Waals surface area contributed by atoms with Crippen molar-refractivity contribution in [3.05, 3.63) is 28.9 Å². The number of benzene rings is 1. The van der Waals surface area contributed by atoms with E-state index in [1.165, 1.54) is 7.11 Å². The molecule has 0 atom stereocenters. The van der Waals surface area contributed by atoms with Gasteiger partial charge in [-0.15, -0.1) is 11.3 Å². The number of carbonyl (C=O) groups excluding carboxylic acids is 1. The lowest BCUT2D eigenvalue weighted by molar-refractivity contribution is 0.0606. The van der Waals surface area contributed by atoms with Gasteiger partial charge in [-0.2, -0.15) is 0 Å². The molecule has 0 fully saturated rings. The predicted molar refractivity (Wildman–Crippen MR) is 73.5 cm³/mol. The van der Waals surface area contributed by atoms with Gasteiger partial charge in [-0.3, -0.25) is 0 Å². The maximum absolute atomic E-state index is 14.2. The summed E-state index contributed by atoms with van der Waals surface area (Å²) in [5.74, 6) is -0.623. The number of rotatable bonds is 5. The summed E-state index contributed by atoms with van der Waals surface area (Å²) in [5, 5.41) is 0.686. The molecule has 2 rings (SSSR count). The Morgan fingerprint density at radius 1 is 1.42 bits per heavy atom. The van der Waals surface area contributed by atoms with Gasteiger partial charge in [-0.25, -0.2) is 9.18 Å². The van der Waals surface area contributed by atoms with Crippen LogP contribution < -0.4 is 4.74 Å². The lowest BCUT2D eigenvalue weighted by Crippen LogP contribution is -1.98. The Hall–Kier alpha value is -1.62. The summed E-state index contributed by atoms with van der Waals surface area (Å²) in [6.07, 6.45) is 1.88. The predicted octanol–water partition coefficient (Wildman–Crippen LogP) is 4.01. The SMILES string of the molecule is CCCCOc1ccc2cc(C(=O)OC)sc2c1F. The molecule has 1 aromatic carbocycles. The molecule has 0 spiro atoms. The Morgan fingerprint density at radius 3 is 2.89 bits per heavy atom. The number of fused-ring (bicyclic) bond motifs is 1. The van der Waals surface area contributed by atoms with Gasteiger partial charge in [0.25, 0.3) is 0 Å². The molecule has 1 aromatic heterocycles. The zero-order valence-corrected chi connectivity index (χ0v) is 11.7. The number of hydrogen-bond acceptors (Lipinski definition) is 4. The van der Waals surface area contributed by atoms with Gasteiger partial charge < -0.3 is 9.47 Å². The molecule has 3 nitrogen and oxygen atoms in total. The van der Waals surface area contributed by atoms with Gasteiger partial charge in [0, 0.05) is 0 Å². The third kappa shape index (κ3) is 2.87. The van der Waals surface area contributed by atoms with Crippen molar-refractivity contribution in [3.8, 4) is 5.75 Å². The second-order valence-corrected chi connectivity index (χ2v) is 5.15. The lowest BCUT2D eigenvalue weighted by atomic mass is 10.2. The molecule has 19 heavy (non-hydrogen) atoms. The van der Waals surface area contributed by atoms with E-state index in [1.54, 1.807) is 18.2 Å². The number of ether oxygens (including phenoxy) is 2. The summed E-state index contributed by atoms with van der Waals surface area (Å²) in [4.78, 5) is 11.8. The monoisotopic (exact) mass is 282 g/mol. The molecule has 0 unspecified atom stereocenters. The van der Waals surface area contributed by atoms with E-state index >= 15 is 0 Å². The first-order valence-electron chi connectivity index (χ1n) is 6.10. The summed E-state index contributed by atoms with van der Waals surface area (Å²) in [6.45, 7) is 2.54. The molecule has 102 valence electrons. The van der Waals surface area contributed by atoms with E-state index in [1.807, 2.05) is 6.92 Å². The van der Waals surface area contributed by atoms with Crippen LogP contribution in [0.4, 0.5) is 4.39 Å². The van der Waals surface area contributed by atoms with E-state index in [4.69, 9.17) is 4.74 Å². The maximum atomic E-state index is 14.2. The van der Waals surface area contributed by atoms with Crippen LogP contribution >= 0.6 is 11.3 Å². The van der Waals surface area contributed by atoms with Gasteiger partial charge in [0.05, 0.1) is 18.4 Å². The molecule has 0 N–H and O–H groups in total.